The number of nitrogens with one attached hydrogen (secondary N) is 1. The summed E-state index contributed by atoms with van der Waals surface area (Å²) in [4.78, 5) is 24.0. The van der Waals surface area contributed by atoms with Gasteiger partial charge in [-0.15, -0.1) is 0 Å². The van der Waals surface area contributed by atoms with E-state index in [4.69, 9.17) is 9.84 Å². The Kier molecular flexibility index (Phi) is 6.63. The fourth-order valence-electron chi connectivity index (χ4n) is 3.01. The van der Waals surface area contributed by atoms with Crippen LogP contribution >= 0.6 is 0 Å². The van der Waals surface area contributed by atoms with Crippen molar-refractivity contribution in [2.75, 3.05) is 0 Å². The zero-order valence-electron chi connectivity index (χ0n) is 16.2. The van der Waals surface area contributed by atoms with Gasteiger partial charge in [0, 0.05) is 12.0 Å². The molecule has 148 valence electrons. The number of carbonyl (C=O) groups is 2. The lowest BCUT2D eigenvalue weighted by Crippen LogP contribution is -2.27. The van der Waals surface area contributed by atoms with Crippen LogP contribution < -0.4 is 10.1 Å². The van der Waals surface area contributed by atoms with Gasteiger partial charge < -0.3 is 15.2 Å². The van der Waals surface area contributed by atoms with E-state index in [-0.39, 0.29) is 24.8 Å². The number of rotatable bonds is 8. The van der Waals surface area contributed by atoms with Gasteiger partial charge in [-0.3, -0.25) is 9.59 Å². The highest BCUT2D eigenvalue weighted by Gasteiger charge is 2.17. The number of aryl methyl sites for hydroxylation is 1. The zero-order valence-corrected chi connectivity index (χ0v) is 16.2. The summed E-state index contributed by atoms with van der Waals surface area (Å²) in [6.07, 6.45) is 0.219. The van der Waals surface area contributed by atoms with Crippen molar-refractivity contribution in [2.24, 2.45) is 0 Å². The minimum Gasteiger partial charge on any atom is -0.481 e. The predicted molar refractivity (Wildman–Crippen MR) is 111 cm³/mol. The van der Waals surface area contributed by atoms with Crippen molar-refractivity contribution in [3.8, 4) is 11.5 Å². The molecule has 0 aliphatic rings. The third kappa shape index (κ3) is 5.69. The van der Waals surface area contributed by atoms with Crippen LogP contribution in [-0.2, 0) is 11.2 Å². The van der Waals surface area contributed by atoms with Crippen molar-refractivity contribution in [1.29, 1.82) is 0 Å². The molecule has 1 atom stereocenters. The molecule has 0 aromatic heterocycles. The number of hydrogen-bond acceptors (Lipinski definition) is 3. The summed E-state index contributed by atoms with van der Waals surface area (Å²) in [5, 5.41) is 12.0. The predicted octanol–water partition coefficient (Wildman–Crippen LogP) is 4.99. The molecular weight excluding hydrogens is 366 g/mol. The van der Waals surface area contributed by atoms with Gasteiger partial charge in [0.05, 0.1) is 6.04 Å². The van der Waals surface area contributed by atoms with Crippen molar-refractivity contribution in [3.05, 3.63) is 95.6 Å². The van der Waals surface area contributed by atoms with Crippen LogP contribution in [-0.4, -0.2) is 17.0 Å². The first kappa shape index (κ1) is 20.1. The number of para-hydroxylation sites is 1. The number of aliphatic carboxylic acids is 1. The van der Waals surface area contributed by atoms with Gasteiger partial charge in [0.15, 0.2) is 0 Å². The maximum absolute atomic E-state index is 13.0. The van der Waals surface area contributed by atoms with Crippen molar-refractivity contribution >= 4 is 11.9 Å². The number of ether oxygens (including phenoxy) is 1. The molecule has 0 fully saturated rings. The average Bonchev–Trinajstić information content (AvgIpc) is 2.74. The summed E-state index contributed by atoms with van der Waals surface area (Å²) in [7, 11) is 0. The van der Waals surface area contributed by atoms with E-state index in [1.807, 2.05) is 67.6 Å². The molecule has 5 nitrogen and oxygen atoms in total. The molecule has 0 heterocycles. The lowest BCUT2D eigenvalue weighted by molar-refractivity contribution is -0.136. The fourth-order valence-corrected chi connectivity index (χ4v) is 3.01. The van der Waals surface area contributed by atoms with Crippen LogP contribution in [0.15, 0.2) is 78.9 Å². The molecule has 0 unspecified atom stereocenters. The highest BCUT2D eigenvalue weighted by Crippen LogP contribution is 2.25. The molecular formula is C24H23NO4. The highest BCUT2D eigenvalue weighted by atomic mass is 16.5. The summed E-state index contributed by atoms with van der Waals surface area (Å²) in [6.45, 7) is 1.91. The normalized spacial score (nSPS) is 11.5. The van der Waals surface area contributed by atoms with Crippen molar-refractivity contribution in [1.82, 2.24) is 5.32 Å². The van der Waals surface area contributed by atoms with E-state index in [1.54, 1.807) is 18.2 Å². The molecule has 3 aromatic rings. The first-order valence-corrected chi connectivity index (χ1v) is 9.46. The molecule has 0 aliphatic carbocycles. The third-order valence-corrected chi connectivity index (χ3v) is 4.56. The van der Waals surface area contributed by atoms with Crippen LogP contribution in [0.25, 0.3) is 0 Å². The van der Waals surface area contributed by atoms with Crippen molar-refractivity contribution in [3.63, 3.8) is 0 Å². The van der Waals surface area contributed by atoms with Crippen LogP contribution in [0.3, 0.4) is 0 Å². The van der Waals surface area contributed by atoms with E-state index < -0.39 is 5.97 Å². The lowest BCUT2D eigenvalue weighted by atomic mass is 10.0. The number of carboxylic acids is 1. The van der Waals surface area contributed by atoms with Gasteiger partial charge >= 0.3 is 5.97 Å². The number of carbonyl (C=O) groups excluding carboxylic acids is 1. The second-order valence-electron chi connectivity index (χ2n) is 6.73. The Bertz CT molecular complexity index is 971. The Morgan fingerprint density at radius 2 is 1.59 bits per heavy atom. The Morgan fingerprint density at radius 1 is 0.931 bits per heavy atom. The zero-order chi connectivity index (χ0) is 20.6. The number of benzene rings is 3. The van der Waals surface area contributed by atoms with Crippen molar-refractivity contribution < 1.29 is 19.4 Å². The van der Waals surface area contributed by atoms with E-state index in [0.717, 1.165) is 5.56 Å². The Labute approximate surface area is 170 Å². The largest absolute Gasteiger partial charge is 0.481 e. The minimum atomic E-state index is -0.904. The van der Waals surface area contributed by atoms with Crippen LogP contribution in [0, 0.1) is 0 Å². The van der Waals surface area contributed by atoms with Crippen LogP contribution in [0.4, 0.5) is 0 Å². The number of hydrogen-bond donors (Lipinski definition) is 2. The molecule has 3 rings (SSSR count). The number of carboxylic acid groups (broad SMARTS) is 1. The van der Waals surface area contributed by atoms with Gasteiger partial charge in [0.1, 0.15) is 11.5 Å². The van der Waals surface area contributed by atoms with Gasteiger partial charge in [0.2, 0.25) is 0 Å². The standard InChI is InChI=1S/C24H23NO4/c1-17(18-8-4-2-5-9-18)25-24(28)22-16-21(29-20-10-6-3-7-11-20)14-12-19(22)13-15-23(26)27/h2-12,14,16-17H,13,15H2,1H3,(H,25,28)(H,26,27)/t17-/m1/s1. The van der Waals surface area contributed by atoms with E-state index in [1.165, 1.54) is 0 Å². The molecule has 0 aliphatic heterocycles. The molecule has 29 heavy (non-hydrogen) atoms. The maximum atomic E-state index is 13.0. The van der Waals surface area contributed by atoms with E-state index in [0.29, 0.717) is 22.6 Å². The van der Waals surface area contributed by atoms with E-state index >= 15 is 0 Å². The average molecular weight is 389 g/mol. The molecule has 2 N–H and O–H groups in total. The van der Waals surface area contributed by atoms with E-state index in [2.05, 4.69) is 5.32 Å². The van der Waals surface area contributed by atoms with Gasteiger partial charge in [-0.1, -0.05) is 54.6 Å². The topological polar surface area (TPSA) is 75.6 Å². The van der Waals surface area contributed by atoms with Crippen molar-refractivity contribution in [2.45, 2.75) is 25.8 Å². The molecule has 5 heteroatoms. The van der Waals surface area contributed by atoms with Gasteiger partial charge in [0.25, 0.3) is 5.91 Å². The second kappa shape index (κ2) is 9.55. The summed E-state index contributed by atoms with van der Waals surface area (Å²) in [5.41, 5.74) is 2.08. The Hall–Kier alpha value is -3.60. The molecule has 3 aromatic carbocycles. The Balaban J connectivity index is 1.84. The molecule has 0 saturated heterocycles. The fraction of sp³-hybridized carbons (Fsp3) is 0.167. The van der Waals surface area contributed by atoms with Crippen LogP contribution in [0.1, 0.15) is 40.9 Å². The lowest BCUT2D eigenvalue weighted by Gasteiger charge is -2.17. The van der Waals surface area contributed by atoms with Gasteiger partial charge in [-0.05, 0) is 48.7 Å². The van der Waals surface area contributed by atoms with E-state index in [9.17, 15) is 9.59 Å². The molecule has 1 amide bonds. The summed E-state index contributed by atoms with van der Waals surface area (Å²) >= 11 is 0. The SMILES string of the molecule is C[C@@H](NC(=O)c1cc(Oc2ccccc2)ccc1CCC(=O)O)c1ccccc1. The second-order valence-corrected chi connectivity index (χ2v) is 6.73. The van der Waals surface area contributed by atoms with Gasteiger partial charge in [-0.25, -0.2) is 0 Å². The first-order valence-electron chi connectivity index (χ1n) is 9.46. The highest BCUT2D eigenvalue weighted by molar-refractivity contribution is 5.96. The first-order chi connectivity index (χ1) is 14.0. The summed E-state index contributed by atoms with van der Waals surface area (Å²) in [6, 6.07) is 23.9. The summed E-state index contributed by atoms with van der Waals surface area (Å²) in [5.74, 6) is 0.0152. The minimum absolute atomic E-state index is 0.0482. The molecule has 0 radical (unpaired) electrons. The third-order valence-electron chi connectivity index (χ3n) is 4.56. The molecule has 0 bridgehead atoms. The Morgan fingerprint density at radius 3 is 2.24 bits per heavy atom. The maximum Gasteiger partial charge on any atom is 0.303 e. The van der Waals surface area contributed by atoms with Crippen LogP contribution in [0.5, 0.6) is 11.5 Å². The summed E-state index contributed by atoms with van der Waals surface area (Å²) < 4.78 is 5.84. The van der Waals surface area contributed by atoms with Crippen LogP contribution in [0.2, 0.25) is 0 Å². The number of amides is 1. The quantitative estimate of drug-likeness (QED) is 0.569. The molecule has 0 spiro atoms. The molecule has 0 saturated carbocycles. The monoisotopic (exact) mass is 389 g/mol. The smallest absolute Gasteiger partial charge is 0.303 e. The van der Waals surface area contributed by atoms with Gasteiger partial charge in [-0.2, -0.15) is 0 Å².